The Morgan fingerprint density at radius 2 is 2.17 bits per heavy atom. The molecule has 3 heteroatoms. The van der Waals surface area contributed by atoms with Crippen LogP contribution in [0.2, 0.25) is 0 Å². The number of ether oxygens (including phenoxy) is 1. The quantitative estimate of drug-likeness (QED) is 0.470. The van der Waals surface area contributed by atoms with Crippen LogP contribution in [0.1, 0.15) is 25.7 Å². The van der Waals surface area contributed by atoms with Crippen LogP contribution >= 0.6 is 0 Å². The summed E-state index contributed by atoms with van der Waals surface area (Å²) in [6.45, 7) is 0. The molecule has 12 heavy (non-hydrogen) atoms. The van der Waals surface area contributed by atoms with Crippen molar-refractivity contribution in [3.05, 3.63) is 11.6 Å². The van der Waals surface area contributed by atoms with E-state index < -0.39 is 0 Å². The van der Waals surface area contributed by atoms with Crippen LogP contribution in [-0.2, 0) is 9.53 Å². The minimum atomic E-state index is -0.250. The van der Waals surface area contributed by atoms with Crippen molar-refractivity contribution in [3.63, 3.8) is 0 Å². The maximum absolute atomic E-state index is 10.8. The Kier molecular flexibility index (Phi) is 3.29. The molecule has 0 atom stereocenters. The number of rotatable bonds is 1. The van der Waals surface area contributed by atoms with Gasteiger partial charge in [-0.1, -0.05) is 5.57 Å². The van der Waals surface area contributed by atoms with Gasteiger partial charge in [-0.25, -0.2) is 4.79 Å². The van der Waals surface area contributed by atoms with E-state index in [9.17, 15) is 4.79 Å². The molecule has 1 aliphatic carbocycles. The molecule has 0 heterocycles. The van der Waals surface area contributed by atoms with Crippen LogP contribution < -0.4 is 5.73 Å². The van der Waals surface area contributed by atoms with E-state index in [0.717, 1.165) is 25.7 Å². The smallest absolute Gasteiger partial charge is 0.330 e. The SMILES string of the molecule is COC(=O)C=C1CCC(N)CC1. The van der Waals surface area contributed by atoms with E-state index in [-0.39, 0.29) is 5.97 Å². The predicted octanol–water partition coefficient (Wildman–Crippen LogP) is 0.987. The lowest BCUT2D eigenvalue weighted by Gasteiger charge is -2.19. The van der Waals surface area contributed by atoms with E-state index >= 15 is 0 Å². The molecule has 68 valence electrons. The summed E-state index contributed by atoms with van der Waals surface area (Å²) >= 11 is 0. The van der Waals surface area contributed by atoms with Crippen molar-refractivity contribution in [1.29, 1.82) is 0 Å². The van der Waals surface area contributed by atoms with Crippen LogP contribution in [0.15, 0.2) is 11.6 Å². The van der Waals surface area contributed by atoms with Gasteiger partial charge >= 0.3 is 5.97 Å². The summed E-state index contributed by atoms with van der Waals surface area (Å²) in [6, 6.07) is 0.319. The molecule has 1 fully saturated rings. The minimum Gasteiger partial charge on any atom is -0.466 e. The molecule has 3 nitrogen and oxygen atoms in total. The highest BCUT2D eigenvalue weighted by Crippen LogP contribution is 2.21. The average molecular weight is 169 g/mol. The van der Waals surface area contributed by atoms with Gasteiger partial charge in [0.1, 0.15) is 0 Å². The third-order valence-corrected chi connectivity index (χ3v) is 2.20. The van der Waals surface area contributed by atoms with E-state index in [2.05, 4.69) is 4.74 Å². The van der Waals surface area contributed by atoms with Crippen LogP contribution in [0.25, 0.3) is 0 Å². The Labute approximate surface area is 72.6 Å². The van der Waals surface area contributed by atoms with E-state index in [1.807, 2.05) is 0 Å². The number of esters is 1. The summed E-state index contributed by atoms with van der Waals surface area (Å²) in [7, 11) is 1.40. The Morgan fingerprint density at radius 3 is 2.67 bits per heavy atom. The summed E-state index contributed by atoms with van der Waals surface area (Å²) in [4.78, 5) is 10.8. The fourth-order valence-electron chi connectivity index (χ4n) is 1.38. The topological polar surface area (TPSA) is 52.3 Å². The predicted molar refractivity (Wildman–Crippen MR) is 46.5 cm³/mol. The molecule has 0 unspecified atom stereocenters. The molecule has 1 rings (SSSR count). The molecule has 1 saturated carbocycles. The lowest BCUT2D eigenvalue weighted by Crippen LogP contribution is -2.23. The first-order valence-corrected chi connectivity index (χ1v) is 4.25. The van der Waals surface area contributed by atoms with Gasteiger partial charge < -0.3 is 10.5 Å². The van der Waals surface area contributed by atoms with Gasteiger partial charge in [0.25, 0.3) is 0 Å². The van der Waals surface area contributed by atoms with Crippen LogP contribution in [0.5, 0.6) is 0 Å². The van der Waals surface area contributed by atoms with Crippen LogP contribution in [0.3, 0.4) is 0 Å². The van der Waals surface area contributed by atoms with Crippen LogP contribution in [-0.4, -0.2) is 19.1 Å². The second kappa shape index (κ2) is 4.26. The highest BCUT2D eigenvalue weighted by molar-refractivity contribution is 5.82. The van der Waals surface area contributed by atoms with Gasteiger partial charge in [-0.05, 0) is 25.7 Å². The Hall–Kier alpha value is -0.830. The first kappa shape index (κ1) is 9.26. The zero-order valence-corrected chi connectivity index (χ0v) is 7.38. The fraction of sp³-hybridized carbons (Fsp3) is 0.667. The third-order valence-electron chi connectivity index (χ3n) is 2.20. The zero-order valence-electron chi connectivity index (χ0n) is 7.38. The molecular weight excluding hydrogens is 154 g/mol. The number of hydrogen-bond donors (Lipinski definition) is 1. The van der Waals surface area contributed by atoms with Gasteiger partial charge in [-0.15, -0.1) is 0 Å². The maximum Gasteiger partial charge on any atom is 0.330 e. The molecule has 0 aromatic rings. The van der Waals surface area contributed by atoms with Crippen molar-refractivity contribution in [1.82, 2.24) is 0 Å². The van der Waals surface area contributed by atoms with E-state index in [1.165, 1.54) is 12.7 Å². The molecule has 0 aromatic heterocycles. The summed E-state index contributed by atoms with van der Waals surface area (Å²) in [6.07, 6.45) is 5.45. The summed E-state index contributed by atoms with van der Waals surface area (Å²) in [5, 5.41) is 0. The Morgan fingerprint density at radius 1 is 1.58 bits per heavy atom. The fourth-order valence-corrected chi connectivity index (χ4v) is 1.38. The third kappa shape index (κ3) is 2.66. The molecule has 0 bridgehead atoms. The van der Waals surface area contributed by atoms with Gasteiger partial charge in [-0.3, -0.25) is 0 Å². The summed E-state index contributed by atoms with van der Waals surface area (Å²) < 4.78 is 4.53. The lowest BCUT2D eigenvalue weighted by atomic mass is 9.91. The van der Waals surface area contributed by atoms with Crippen LogP contribution in [0.4, 0.5) is 0 Å². The van der Waals surface area contributed by atoms with Crippen molar-refractivity contribution in [2.75, 3.05) is 7.11 Å². The number of nitrogens with two attached hydrogens (primary N) is 1. The highest BCUT2D eigenvalue weighted by Gasteiger charge is 2.13. The second-order valence-corrected chi connectivity index (χ2v) is 3.16. The van der Waals surface area contributed by atoms with Crippen molar-refractivity contribution < 1.29 is 9.53 Å². The molecule has 0 radical (unpaired) electrons. The van der Waals surface area contributed by atoms with Crippen molar-refractivity contribution >= 4 is 5.97 Å². The minimum absolute atomic E-state index is 0.250. The van der Waals surface area contributed by atoms with Gasteiger partial charge in [0.2, 0.25) is 0 Å². The van der Waals surface area contributed by atoms with Gasteiger partial charge in [0.05, 0.1) is 7.11 Å². The van der Waals surface area contributed by atoms with Gasteiger partial charge in [0.15, 0.2) is 0 Å². The molecular formula is C9H15NO2. The molecule has 1 aliphatic rings. The van der Waals surface area contributed by atoms with Crippen LogP contribution in [0, 0.1) is 0 Å². The van der Waals surface area contributed by atoms with E-state index in [1.54, 1.807) is 6.08 Å². The van der Waals surface area contributed by atoms with Crippen molar-refractivity contribution in [3.8, 4) is 0 Å². The number of carbonyl (C=O) groups excluding carboxylic acids is 1. The normalized spacial score (nSPS) is 23.5. The summed E-state index contributed by atoms with van der Waals surface area (Å²) in [5.74, 6) is -0.250. The van der Waals surface area contributed by atoms with Crippen molar-refractivity contribution in [2.45, 2.75) is 31.7 Å². The molecule has 2 N–H and O–H groups in total. The van der Waals surface area contributed by atoms with E-state index in [0.29, 0.717) is 6.04 Å². The zero-order chi connectivity index (χ0) is 8.97. The standard InChI is InChI=1S/C9H15NO2/c1-12-9(11)6-7-2-4-8(10)5-3-7/h6,8H,2-5,10H2,1H3. The molecule has 0 amide bonds. The number of hydrogen-bond acceptors (Lipinski definition) is 3. The molecule has 0 spiro atoms. The first-order chi connectivity index (χ1) is 5.72. The van der Waals surface area contributed by atoms with Gasteiger partial charge in [-0.2, -0.15) is 0 Å². The summed E-state index contributed by atoms with van der Waals surface area (Å²) in [5.41, 5.74) is 6.89. The van der Waals surface area contributed by atoms with E-state index in [4.69, 9.17) is 5.73 Å². The number of allylic oxidation sites excluding steroid dienone is 1. The monoisotopic (exact) mass is 169 g/mol. The molecule has 0 aromatic carbocycles. The maximum atomic E-state index is 10.8. The lowest BCUT2D eigenvalue weighted by molar-refractivity contribution is -0.134. The molecule has 0 aliphatic heterocycles. The Balaban J connectivity index is 2.43. The first-order valence-electron chi connectivity index (χ1n) is 4.25. The highest BCUT2D eigenvalue weighted by atomic mass is 16.5. The van der Waals surface area contributed by atoms with Crippen molar-refractivity contribution in [2.24, 2.45) is 5.73 Å². The Bertz CT molecular complexity index is 189. The largest absolute Gasteiger partial charge is 0.466 e. The molecule has 0 saturated heterocycles. The average Bonchev–Trinajstić information content (AvgIpc) is 2.09. The number of methoxy groups -OCH3 is 1. The van der Waals surface area contributed by atoms with Gasteiger partial charge in [0, 0.05) is 12.1 Å². The number of carbonyl (C=O) groups is 1. The second-order valence-electron chi connectivity index (χ2n) is 3.16.